The summed E-state index contributed by atoms with van der Waals surface area (Å²) < 4.78 is 27.0. The Kier molecular flexibility index (Phi) is 4.48. The summed E-state index contributed by atoms with van der Waals surface area (Å²) in [5.41, 5.74) is 0. The minimum Gasteiger partial charge on any atom is -0.313 e. The summed E-state index contributed by atoms with van der Waals surface area (Å²) in [7, 11) is -3.75. The summed E-state index contributed by atoms with van der Waals surface area (Å²) in [6, 6.07) is 5.86. The Morgan fingerprint density at radius 1 is 1.53 bits per heavy atom. The Balaban J connectivity index is 2.44. The fraction of sp³-hybridized carbons (Fsp3) is 0.364. The number of nitrogens with one attached hydrogen (secondary N) is 1. The molecular formula is C11H11BrClN3O2S. The second-order valence-electron chi connectivity index (χ2n) is 4.04. The van der Waals surface area contributed by atoms with Gasteiger partial charge in [0.2, 0.25) is 10.0 Å². The molecule has 1 heterocycles. The predicted octanol–water partition coefficient (Wildman–Crippen LogP) is 1.59. The van der Waals surface area contributed by atoms with Crippen molar-refractivity contribution in [2.75, 3.05) is 19.6 Å². The van der Waals surface area contributed by atoms with Crippen LogP contribution in [-0.2, 0) is 10.0 Å². The normalized spacial score (nSPS) is 21.0. The third kappa shape index (κ3) is 2.93. The highest BCUT2D eigenvalue weighted by Gasteiger charge is 2.34. The lowest BCUT2D eigenvalue weighted by atomic mass is 10.3. The SMILES string of the molecule is N#CC1CNCCN1S(=O)(=O)c1ccc(Br)cc1Cl. The first-order valence-electron chi connectivity index (χ1n) is 5.54. The molecular weight excluding hydrogens is 354 g/mol. The Morgan fingerprint density at radius 2 is 2.26 bits per heavy atom. The molecule has 1 aliphatic heterocycles. The zero-order valence-electron chi connectivity index (χ0n) is 9.81. The molecule has 1 aliphatic rings. The van der Waals surface area contributed by atoms with Gasteiger partial charge >= 0.3 is 0 Å². The van der Waals surface area contributed by atoms with Crippen molar-refractivity contribution in [3.63, 3.8) is 0 Å². The molecule has 0 bridgehead atoms. The molecule has 0 radical (unpaired) electrons. The Labute approximate surface area is 125 Å². The summed E-state index contributed by atoms with van der Waals surface area (Å²) in [4.78, 5) is 0.0273. The van der Waals surface area contributed by atoms with Gasteiger partial charge in [-0.2, -0.15) is 9.57 Å². The first kappa shape index (κ1) is 14.8. The highest BCUT2D eigenvalue weighted by molar-refractivity contribution is 9.10. The van der Waals surface area contributed by atoms with Crippen molar-refractivity contribution in [1.29, 1.82) is 5.26 Å². The van der Waals surface area contributed by atoms with E-state index in [9.17, 15) is 8.42 Å². The van der Waals surface area contributed by atoms with E-state index in [4.69, 9.17) is 16.9 Å². The van der Waals surface area contributed by atoms with Crippen LogP contribution in [0.5, 0.6) is 0 Å². The largest absolute Gasteiger partial charge is 0.313 e. The van der Waals surface area contributed by atoms with E-state index >= 15 is 0 Å². The van der Waals surface area contributed by atoms with Gasteiger partial charge in [0.1, 0.15) is 10.9 Å². The van der Waals surface area contributed by atoms with Gasteiger partial charge in [0.05, 0.1) is 11.1 Å². The van der Waals surface area contributed by atoms with E-state index in [1.54, 1.807) is 6.07 Å². The zero-order valence-corrected chi connectivity index (χ0v) is 13.0. The van der Waals surface area contributed by atoms with Gasteiger partial charge in [-0.25, -0.2) is 8.42 Å². The molecule has 2 rings (SSSR count). The van der Waals surface area contributed by atoms with Gasteiger partial charge in [0.15, 0.2) is 0 Å². The van der Waals surface area contributed by atoms with Gasteiger partial charge in [-0.3, -0.25) is 0 Å². The maximum atomic E-state index is 12.5. The summed E-state index contributed by atoms with van der Waals surface area (Å²) in [5.74, 6) is 0. The van der Waals surface area contributed by atoms with E-state index in [0.717, 1.165) is 0 Å². The maximum Gasteiger partial charge on any atom is 0.245 e. The van der Waals surface area contributed by atoms with Crippen LogP contribution in [0, 0.1) is 11.3 Å². The van der Waals surface area contributed by atoms with Crippen LogP contribution in [-0.4, -0.2) is 38.4 Å². The smallest absolute Gasteiger partial charge is 0.245 e. The highest BCUT2D eigenvalue weighted by Crippen LogP contribution is 2.28. The number of sulfonamides is 1. The average Bonchev–Trinajstić information content (AvgIpc) is 2.38. The molecule has 102 valence electrons. The lowest BCUT2D eigenvalue weighted by molar-refractivity contribution is 0.312. The second kappa shape index (κ2) is 5.77. The molecule has 19 heavy (non-hydrogen) atoms. The number of hydrogen-bond donors (Lipinski definition) is 1. The van der Waals surface area contributed by atoms with Crippen LogP contribution < -0.4 is 5.32 Å². The van der Waals surface area contributed by atoms with Crippen molar-refractivity contribution in [1.82, 2.24) is 9.62 Å². The van der Waals surface area contributed by atoms with Crippen LogP contribution in [0.4, 0.5) is 0 Å². The van der Waals surface area contributed by atoms with Crippen LogP contribution in [0.25, 0.3) is 0 Å². The third-order valence-corrected chi connectivity index (χ3v) is 5.71. The first-order valence-corrected chi connectivity index (χ1v) is 8.15. The number of nitriles is 1. The van der Waals surface area contributed by atoms with Crippen LogP contribution in [0.3, 0.4) is 0 Å². The monoisotopic (exact) mass is 363 g/mol. The molecule has 1 unspecified atom stereocenters. The fourth-order valence-electron chi connectivity index (χ4n) is 1.89. The van der Waals surface area contributed by atoms with Gasteiger partial charge in [-0.05, 0) is 18.2 Å². The zero-order chi connectivity index (χ0) is 14.0. The van der Waals surface area contributed by atoms with E-state index in [2.05, 4.69) is 21.2 Å². The number of hydrogen-bond acceptors (Lipinski definition) is 4. The molecule has 1 aromatic carbocycles. The maximum absolute atomic E-state index is 12.5. The molecule has 0 aliphatic carbocycles. The number of piperazine rings is 1. The van der Waals surface area contributed by atoms with Gasteiger partial charge in [0, 0.05) is 24.1 Å². The van der Waals surface area contributed by atoms with Crippen LogP contribution in [0.2, 0.25) is 5.02 Å². The standard InChI is InChI=1S/C11H11BrClN3O2S/c12-8-1-2-11(10(13)5-8)19(17,18)16-4-3-15-7-9(16)6-14/h1-2,5,9,15H,3-4,7H2. The van der Waals surface area contributed by atoms with E-state index < -0.39 is 16.1 Å². The van der Waals surface area contributed by atoms with E-state index in [1.807, 2.05) is 6.07 Å². The molecule has 1 N–H and O–H groups in total. The molecule has 0 aromatic heterocycles. The van der Waals surface area contributed by atoms with Crippen LogP contribution in [0.1, 0.15) is 0 Å². The van der Waals surface area contributed by atoms with E-state index in [0.29, 0.717) is 17.6 Å². The number of halogens is 2. The fourth-order valence-corrected chi connectivity index (χ4v) is 4.45. The quantitative estimate of drug-likeness (QED) is 0.865. The number of rotatable bonds is 2. The Morgan fingerprint density at radius 3 is 2.89 bits per heavy atom. The summed E-state index contributed by atoms with van der Waals surface area (Å²) in [6.45, 7) is 1.10. The average molecular weight is 365 g/mol. The van der Waals surface area contributed by atoms with Gasteiger partial charge in [-0.1, -0.05) is 27.5 Å². The molecule has 8 heteroatoms. The third-order valence-electron chi connectivity index (χ3n) is 2.82. The topological polar surface area (TPSA) is 73.2 Å². The molecule has 5 nitrogen and oxygen atoms in total. The van der Waals surface area contributed by atoms with Crippen molar-refractivity contribution >= 4 is 37.6 Å². The Hall–Kier alpha value is -0.650. The van der Waals surface area contributed by atoms with Crippen molar-refractivity contribution in [2.24, 2.45) is 0 Å². The molecule has 1 atom stereocenters. The summed E-state index contributed by atoms with van der Waals surface area (Å²) in [5, 5.41) is 12.2. The van der Waals surface area contributed by atoms with Crippen LogP contribution in [0.15, 0.2) is 27.6 Å². The molecule has 0 spiro atoms. The van der Waals surface area contributed by atoms with Crippen molar-refractivity contribution in [3.05, 3.63) is 27.7 Å². The first-order chi connectivity index (χ1) is 8.96. The highest BCUT2D eigenvalue weighted by atomic mass is 79.9. The van der Waals surface area contributed by atoms with E-state index in [-0.39, 0.29) is 16.5 Å². The molecule has 0 saturated carbocycles. The Bertz CT molecular complexity index is 629. The summed E-state index contributed by atoms with van der Waals surface area (Å²) >= 11 is 9.22. The van der Waals surface area contributed by atoms with Gasteiger partial charge in [0.25, 0.3) is 0 Å². The van der Waals surface area contributed by atoms with Crippen molar-refractivity contribution in [2.45, 2.75) is 10.9 Å². The van der Waals surface area contributed by atoms with Gasteiger partial charge in [-0.15, -0.1) is 0 Å². The van der Waals surface area contributed by atoms with Gasteiger partial charge < -0.3 is 5.32 Å². The minimum absolute atomic E-state index is 0.0273. The lowest BCUT2D eigenvalue weighted by Crippen LogP contribution is -2.52. The lowest BCUT2D eigenvalue weighted by Gasteiger charge is -2.31. The van der Waals surface area contributed by atoms with Crippen LogP contribution >= 0.6 is 27.5 Å². The molecule has 1 fully saturated rings. The molecule has 1 saturated heterocycles. The van der Waals surface area contributed by atoms with Crippen molar-refractivity contribution in [3.8, 4) is 6.07 Å². The summed E-state index contributed by atoms with van der Waals surface area (Å²) in [6.07, 6.45) is 0. The predicted molar refractivity (Wildman–Crippen MR) is 75.3 cm³/mol. The number of nitrogens with zero attached hydrogens (tertiary/aromatic N) is 2. The minimum atomic E-state index is -3.75. The molecule has 1 aromatic rings. The second-order valence-corrected chi connectivity index (χ2v) is 7.22. The molecule has 0 amide bonds. The van der Waals surface area contributed by atoms with Crippen molar-refractivity contribution < 1.29 is 8.42 Å². The van der Waals surface area contributed by atoms with E-state index in [1.165, 1.54) is 16.4 Å². The number of benzene rings is 1.